The van der Waals surface area contributed by atoms with Crippen molar-refractivity contribution in [3.8, 4) is 0 Å². The minimum Gasteiger partial charge on any atom is -0.459 e. The summed E-state index contributed by atoms with van der Waals surface area (Å²) in [6, 6.07) is 8.90. The molecule has 35 heavy (non-hydrogen) atoms. The highest BCUT2D eigenvalue weighted by Crippen LogP contribution is 2.38. The molecule has 0 unspecified atom stereocenters. The molecule has 2 fully saturated rings. The number of benzene rings is 2. The lowest BCUT2D eigenvalue weighted by molar-refractivity contribution is -0.152. The Balaban J connectivity index is 1.48. The van der Waals surface area contributed by atoms with Crippen molar-refractivity contribution in [1.82, 2.24) is 4.90 Å². The maximum absolute atomic E-state index is 13.3. The molecule has 0 amide bonds. The van der Waals surface area contributed by atoms with E-state index in [0.29, 0.717) is 45.3 Å². The first-order chi connectivity index (χ1) is 16.5. The highest BCUT2D eigenvalue weighted by Gasteiger charge is 2.42. The normalized spacial score (nSPS) is 18.9. The van der Waals surface area contributed by atoms with Crippen LogP contribution in [0.2, 0.25) is 0 Å². The molecule has 190 valence electrons. The largest absolute Gasteiger partial charge is 0.459 e. The average molecular weight is 501 g/mol. The lowest BCUT2D eigenvalue weighted by Crippen LogP contribution is -2.45. The molecule has 2 aliphatic rings. The van der Waals surface area contributed by atoms with Gasteiger partial charge in [-0.1, -0.05) is 24.3 Å². The molecule has 0 saturated carbocycles. The van der Waals surface area contributed by atoms with Gasteiger partial charge in [0.25, 0.3) is 0 Å². The molecule has 0 aromatic heterocycles. The predicted molar refractivity (Wildman–Crippen MR) is 114 cm³/mol. The zero-order valence-corrected chi connectivity index (χ0v) is 18.8. The Morgan fingerprint density at radius 2 is 1.43 bits per heavy atom. The average Bonchev–Trinajstić information content (AvgIpc) is 3.17. The van der Waals surface area contributed by atoms with Crippen molar-refractivity contribution in [3.63, 3.8) is 0 Å². The standard InChI is InChI=1S/C25H25F6NO3/c26-24(27,28)19-5-1-3-17(15-19)22(18-4-2-6-20(16-18)25(29,30)31)34-14-13-32-11-9-23(10-12-32)8-7-21(33)35-23/h1-6,15-16,22H,7-14H2. The minimum absolute atomic E-state index is 0.101. The molecular formula is C25H25F6NO3. The number of ether oxygens (including phenoxy) is 2. The van der Waals surface area contributed by atoms with Crippen molar-refractivity contribution in [2.75, 3.05) is 26.2 Å². The van der Waals surface area contributed by atoms with Gasteiger partial charge in [0.2, 0.25) is 0 Å². The molecule has 0 radical (unpaired) electrons. The second-order valence-corrected chi connectivity index (χ2v) is 9.00. The summed E-state index contributed by atoms with van der Waals surface area (Å²) >= 11 is 0. The van der Waals surface area contributed by atoms with Crippen molar-refractivity contribution in [2.24, 2.45) is 0 Å². The summed E-state index contributed by atoms with van der Waals surface area (Å²) < 4.78 is 91.0. The van der Waals surface area contributed by atoms with E-state index in [1.165, 1.54) is 24.3 Å². The third kappa shape index (κ3) is 6.16. The fourth-order valence-electron chi connectivity index (χ4n) is 4.65. The van der Waals surface area contributed by atoms with E-state index in [2.05, 4.69) is 4.90 Å². The van der Waals surface area contributed by atoms with Crippen molar-refractivity contribution in [3.05, 3.63) is 70.8 Å². The fraction of sp³-hybridized carbons (Fsp3) is 0.480. The molecule has 4 nitrogen and oxygen atoms in total. The van der Waals surface area contributed by atoms with E-state index in [1.54, 1.807) is 0 Å². The van der Waals surface area contributed by atoms with Gasteiger partial charge in [-0.25, -0.2) is 0 Å². The zero-order chi connectivity index (χ0) is 25.3. The number of carbonyl (C=O) groups is 1. The van der Waals surface area contributed by atoms with E-state index >= 15 is 0 Å². The molecule has 0 atom stereocenters. The first kappa shape index (κ1) is 25.5. The van der Waals surface area contributed by atoms with Crippen LogP contribution in [0.1, 0.15) is 54.0 Å². The smallest absolute Gasteiger partial charge is 0.416 e. The van der Waals surface area contributed by atoms with E-state index in [1.807, 2.05) is 0 Å². The fourth-order valence-corrected chi connectivity index (χ4v) is 4.65. The molecule has 0 aliphatic carbocycles. The number of carbonyl (C=O) groups excluding carboxylic acids is 1. The maximum atomic E-state index is 13.3. The van der Waals surface area contributed by atoms with Gasteiger partial charge >= 0.3 is 18.3 Å². The van der Waals surface area contributed by atoms with Gasteiger partial charge in [0, 0.05) is 26.1 Å². The van der Waals surface area contributed by atoms with Gasteiger partial charge in [0.1, 0.15) is 11.7 Å². The monoisotopic (exact) mass is 501 g/mol. The number of likely N-dealkylation sites (tertiary alicyclic amines) is 1. The highest BCUT2D eigenvalue weighted by atomic mass is 19.4. The summed E-state index contributed by atoms with van der Waals surface area (Å²) in [7, 11) is 0. The Hall–Kier alpha value is -2.59. The summed E-state index contributed by atoms with van der Waals surface area (Å²) in [4.78, 5) is 13.6. The molecule has 2 aromatic carbocycles. The number of hydrogen-bond acceptors (Lipinski definition) is 4. The molecule has 2 aromatic rings. The third-order valence-electron chi connectivity index (χ3n) is 6.61. The Kier molecular flexibility index (Phi) is 7.15. The number of piperidine rings is 1. The second kappa shape index (κ2) is 9.81. The van der Waals surface area contributed by atoms with Crippen LogP contribution < -0.4 is 0 Å². The topological polar surface area (TPSA) is 38.8 Å². The van der Waals surface area contributed by atoms with Crippen LogP contribution in [0.15, 0.2) is 48.5 Å². The molecule has 2 heterocycles. The van der Waals surface area contributed by atoms with Crippen molar-refractivity contribution in [1.29, 1.82) is 0 Å². The van der Waals surface area contributed by atoms with Gasteiger partial charge in [0.05, 0.1) is 17.7 Å². The van der Waals surface area contributed by atoms with E-state index in [9.17, 15) is 31.1 Å². The molecule has 1 spiro atoms. The maximum Gasteiger partial charge on any atom is 0.416 e. The quantitative estimate of drug-likeness (QED) is 0.360. The molecule has 0 N–H and O–H groups in total. The van der Waals surface area contributed by atoms with Gasteiger partial charge in [0.15, 0.2) is 0 Å². The predicted octanol–water partition coefficient (Wildman–Crippen LogP) is 6.00. The molecule has 2 saturated heterocycles. The van der Waals surface area contributed by atoms with Gasteiger partial charge in [-0.3, -0.25) is 4.79 Å². The van der Waals surface area contributed by atoms with E-state index in [0.717, 1.165) is 24.3 Å². The lowest BCUT2D eigenvalue weighted by Gasteiger charge is -2.38. The summed E-state index contributed by atoms with van der Waals surface area (Å²) in [5, 5.41) is 0. The molecular weight excluding hydrogens is 476 g/mol. The molecule has 4 rings (SSSR count). The highest BCUT2D eigenvalue weighted by molar-refractivity contribution is 5.72. The first-order valence-corrected chi connectivity index (χ1v) is 11.4. The van der Waals surface area contributed by atoms with Crippen molar-refractivity contribution in [2.45, 2.75) is 49.7 Å². The summed E-state index contributed by atoms with van der Waals surface area (Å²) in [5.74, 6) is -0.188. The molecule has 2 aliphatic heterocycles. The van der Waals surface area contributed by atoms with Crippen LogP contribution in [0.3, 0.4) is 0 Å². The number of halogens is 6. The van der Waals surface area contributed by atoms with Crippen molar-refractivity contribution >= 4 is 5.97 Å². The lowest BCUT2D eigenvalue weighted by atomic mass is 9.89. The van der Waals surface area contributed by atoms with Gasteiger partial charge in [-0.05, 0) is 54.7 Å². The Morgan fingerprint density at radius 1 is 0.886 bits per heavy atom. The van der Waals surface area contributed by atoms with Gasteiger partial charge in [-0.15, -0.1) is 0 Å². The summed E-state index contributed by atoms with van der Waals surface area (Å²) in [6.45, 7) is 1.87. The summed E-state index contributed by atoms with van der Waals surface area (Å²) in [5.41, 5.74) is -1.97. The minimum atomic E-state index is -4.60. The van der Waals surface area contributed by atoms with Crippen molar-refractivity contribution < 1.29 is 40.6 Å². The van der Waals surface area contributed by atoms with Crippen LogP contribution in [0.5, 0.6) is 0 Å². The van der Waals surface area contributed by atoms with E-state index < -0.39 is 35.2 Å². The van der Waals surface area contributed by atoms with Crippen LogP contribution in [-0.4, -0.2) is 42.7 Å². The zero-order valence-electron chi connectivity index (χ0n) is 18.8. The number of alkyl halides is 6. The van der Waals surface area contributed by atoms with E-state index in [-0.39, 0.29) is 23.7 Å². The van der Waals surface area contributed by atoms with Gasteiger partial charge in [-0.2, -0.15) is 26.3 Å². The first-order valence-electron chi connectivity index (χ1n) is 11.4. The Bertz CT molecular complexity index is 986. The van der Waals surface area contributed by atoms with Crippen LogP contribution in [0.25, 0.3) is 0 Å². The van der Waals surface area contributed by atoms with Crippen LogP contribution in [0.4, 0.5) is 26.3 Å². The second-order valence-electron chi connectivity index (χ2n) is 9.00. The molecule has 0 bridgehead atoms. The number of nitrogens with zero attached hydrogens (tertiary/aromatic N) is 1. The number of hydrogen-bond donors (Lipinski definition) is 0. The Morgan fingerprint density at radius 3 is 1.89 bits per heavy atom. The SMILES string of the molecule is O=C1CCC2(CCN(CCOC(c3cccc(C(F)(F)F)c3)c3cccc(C(F)(F)F)c3)CC2)O1. The van der Waals surface area contributed by atoms with Gasteiger partial charge < -0.3 is 14.4 Å². The van der Waals surface area contributed by atoms with Crippen LogP contribution in [0, 0.1) is 0 Å². The summed E-state index contributed by atoms with van der Waals surface area (Å²) in [6.07, 6.45) is -7.81. The third-order valence-corrected chi connectivity index (χ3v) is 6.61. The van der Waals surface area contributed by atoms with Crippen LogP contribution in [-0.2, 0) is 26.6 Å². The van der Waals surface area contributed by atoms with Crippen LogP contribution >= 0.6 is 0 Å². The Labute approximate surface area is 198 Å². The van der Waals surface area contributed by atoms with E-state index in [4.69, 9.17) is 9.47 Å². The number of esters is 1. The molecule has 10 heteroatoms. The number of rotatable bonds is 6.